The normalized spacial score (nSPS) is 14.1. The van der Waals surface area contributed by atoms with Gasteiger partial charge in [0.1, 0.15) is 10.7 Å². The van der Waals surface area contributed by atoms with Gasteiger partial charge in [-0.15, -0.1) is 4.40 Å². The van der Waals surface area contributed by atoms with Gasteiger partial charge in [-0.2, -0.15) is 8.42 Å². The highest BCUT2D eigenvalue weighted by atomic mass is 32.2. The highest BCUT2D eigenvalue weighted by molar-refractivity contribution is 7.90. The van der Waals surface area contributed by atoms with Crippen LogP contribution in [-0.4, -0.2) is 26.1 Å². The zero-order chi connectivity index (χ0) is 21.1. The summed E-state index contributed by atoms with van der Waals surface area (Å²) in [5.74, 6) is -0.610. The van der Waals surface area contributed by atoms with Crippen LogP contribution in [0.1, 0.15) is 17.0 Å². The Morgan fingerprint density at radius 3 is 2.33 bits per heavy atom. The molecule has 1 aliphatic heterocycles. The third kappa shape index (κ3) is 4.23. The summed E-state index contributed by atoms with van der Waals surface area (Å²) in [6.45, 7) is 0. The molecule has 0 atom stereocenters. The lowest BCUT2D eigenvalue weighted by molar-refractivity contribution is -0.115. The molecular weight excluding hydrogens is 408 g/mol. The number of nitrogens with zero attached hydrogens (tertiary/aromatic N) is 1. The Bertz CT molecular complexity index is 1230. The van der Waals surface area contributed by atoms with E-state index in [4.69, 9.17) is 4.42 Å². The van der Waals surface area contributed by atoms with Gasteiger partial charge in [-0.1, -0.05) is 12.1 Å². The van der Waals surface area contributed by atoms with E-state index in [2.05, 4.69) is 20.3 Å². The van der Waals surface area contributed by atoms with Crippen LogP contribution in [0.15, 0.2) is 80.6 Å². The fourth-order valence-electron chi connectivity index (χ4n) is 2.84. The maximum absolute atomic E-state index is 12.3. The van der Waals surface area contributed by atoms with Gasteiger partial charge in [0, 0.05) is 11.4 Å². The van der Waals surface area contributed by atoms with Crippen molar-refractivity contribution in [2.75, 3.05) is 16.0 Å². The number of furan rings is 1. The Hall–Kier alpha value is -3.92. The zero-order valence-corrected chi connectivity index (χ0v) is 16.3. The average molecular weight is 424 g/mol. The largest absolute Gasteiger partial charge is 0.459 e. The van der Waals surface area contributed by atoms with Gasteiger partial charge in [-0.3, -0.25) is 9.59 Å². The SMILES string of the molecule is O=C(CC1=NS(=O)(=O)c2ccccc2N1)Nc1ccc(NC(=O)c2ccco2)cc1. The van der Waals surface area contributed by atoms with Crippen molar-refractivity contribution in [2.24, 2.45) is 4.40 Å². The Labute approximate surface area is 171 Å². The molecule has 0 aliphatic carbocycles. The first kappa shape index (κ1) is 19.4. The number of rotatable bonds is 5. The number of amides is 2. The number of carbonyl (C=O) groups is 2. The second kappa shape index (κ2) is 7.84. The number of nitrogens with one attached hydrogen (secondary N) is 3. The number of benzene rings is 2. The highest BCUT2D eigenvalue weighted by Crippen LogP contribution is 2.27. The predicted molar refractivity (Wildman–Crippen MR) is 111 cm³/mol. The van der Waals surface area contributed by atoms with Crippen LogP contribution in [0, 0.1) is 0 Å². The van der Waals surface area contributed by atoms with Gasteiger partial charge in [0.15, 0.2) is 5.76 Å². The number of para-hydroxylation sites is 1. The van der Waals surface area contributed by atoms with Crippen molar-refractivity contribution in [1.82, 2.24) is 0 Å². The van der Waals surface area contributed by atoms with Crippen molar-refractivity contribution >= 4 is 44.7 Å². The lowest BCUT2D eigenvalue weighted by Gasteiger charge is -2.17. The number of fused-ring (bicyclic) bond motifs is 1. The fourth-order valence-corrected chi connectivity index (χ4v) is 3.98. The molecule has 1 aliphatic rings. The molecule has 9 nitrogen and oxygen atoms in total. The molecule has 2 amide bonds. The standard InChI is InChI=1S/C20H16N4O5S/c25-19(12-18-23-15-4-1-2-6-17(15)30(27,28)24-18)21-13-7-9-14(10-8-13)22-20(26)16-5-3-11-29-16/h1-11H,12H2,(H,21,25)(H,22,26)(H,23,24). The minimum absolute atomic E-state index is 0.0357. The number of carbonyl (C=O) groups excluding carboxylic acids is 2. The minimum atomic E-state index is -3.85. The minimum Gasteiger partial charge on any atom is -0.459 e. The van der Waals surface area contributed by atoms with Crippen molar-refractivity contribution in [3.63, 3.8) is 0 Å². The summed E-state index contributed by atoms with van der Waals surface area (Å²) in [6, 6.07) is 16.0. The molecule has 3 N–H and O–H groups in total. The average Bonchev–Trinajstić information content (AvgIpc) is 3.24. The Kier molecular flexibility index (Phi) is 5.07. The van der Waals surface area contributed by atoms with E-state index >= 15 is 0 Å². The number of sulfonamides is 1. The first-order valence-corrected chi connectivity index (χ1v) is 10.3. The molecule has 0 bridgehead atoms. The summed E-state index contributed by atoms with van der Waals surface area (Å²) >= 11 is 0. The molecule has 1 aromatic heterocycles. The van der Waals surface area contributed by atoms with Gasteiger partial charge in [0.05, 0.1) is 18.4 Å². The lowest BCUT2D eigenvalue weighted by Crippen LogP contribution is -2.26. The van der Waals surface area contributed by atoms with Crippen LogP contribution in [0.5, 0.6) is 0 Å². The number of amidine groups is 1. The molecular formula is C20H16N4O5S. The maximum atomic E-state index is 12.3. The fraction of sp³-hybridized carbons (Fsp3) is 0.0500. The molecule has 152 valence electrons. The molecule has 0 saturated carbocycles. The molecule has 30 heavy (non-hydrogen) atoms. The molecule has 0 fully saturated rings. The Morgan fingerprint density at radius 1 is 0.933 bits per heavy atom. The van der Waals surface area contributed by atoms with Crippen molar-refractivity contribution in [3.05, 3.63) is 72.7 Å². The molecule has 0 unspecified atom stereocenters. The third-order valence-electron chi connectivity index (χ3n) is 4.17. The van der Waals surface area contributed by atoms with Crippen LogP contribution in [0.25, 0.3) is 0 Å². The van der Waals surface area contributed by atoms with Crippen LogP contribution < -0.4 is 16.0 Å². The smallest absolute Gasteiger partial charge is 0.291 e. The van der Waals surface area contributed by atoms with E-state index in [0.717, 1.165) is 0 Å². The van der Waals surface area contributed by atoms with E-state index in [9.17, 15) is 18.0 Å². The van der Waals surface area contributed by atoms with Crippen LogP contribution in [0.4, 0.5) is 17.1 Å². The van der Waals surface area contributed by atoms with Gasteiger partial charge in [-0.25, -0.2) is 0 Å². The second-order valence-electron chi connectivity index (χ2n) is 6.37. The molecule has 0 spiro atoms. The van der Waals surface area contributed by atoms with Crippen molar-refractivity contribution in [3.8, 4) is 0 Å². The van der Waals surface area contributed by atoms with E-state index < -0.39 is 15.9 Å². The molecule has 10 heteroatoms. The van der Waals surface area contributed by atoms with Crippen LogP contribution in [-0.2, 0) is 14.8 Å². The van der Waals surface area contributed by atoms with Crippen LogP contribution in [0.2, 0.25) is 0 Å². The summed E-state index contributed by atoms with van der Waals surface area (Å²) in [5, 5.41) is 8.20. The summed E-state index contributed by atoms with van der Waals surface area (Å²) < 4.78 is 33.2. The van der Waals surface area contributed by atoms with E-state index in [1.807, 2.05) is 0 Å². The quantitative estimate of drug-likeness (QED) is 0.577. The van der Waals surface area contributed by atoms with Gasteiger partial charge in [0.25, 0.3) is 15.9 Å². The van der Waals surface area contributed by atoms with E-state index in [0.29, 0.717) is 17.1 Å². The molecule has 2 heterocycles. The Morgan fingerprint density at radius 2 is 1.63 bits per heavy atom. The van der Waals surface area contributed by atoms with Crippen LogP contribution in [0.3, 0.4) is 0 Å². The number of hydrogen-bond acceptors (Lipinski definition) is 6. The van der Waals surface area contributed by atoms with Gasteiger partial charge >= 0.3 is 0 Å². The number of anilines is 3. The van der Waals surface area contributed by atoms with Crippen molar-refractivity contribution < 1.29 is 22.4 Å². The summed E-state index contributed by atoms with van der Waals surface area (Å²) in [4.78, 5) is 24.3. The molecule has 4 rings (SSSR count). The van der Waals surface area contributed by atoms with E-state index in [-0.39, 0.29) is 28.8 Å². The first-order valence-electron chi connectivity index (χ1n) is 8.85. The summed E-state index contributed by atoms with van der Waals surface area (Å²) in [5.41, 5.74) is 1.39. The highest BCUT2D eigenvalue weighted by Gasteiger charge is 2.25. The van der Waals surface area contributed by atoms with Crippen LogP contribution >= 0.6 is 0 Å². The van der Waals surface area contributed by atoms with Gasteiger partial charge < -0.3 is 20.4 Å². The topological polar surface area (TPSA) is 130 Å². The second-order valence-corrected chi connectivity index (χ2v) is 7.94. The van der Waals surface area contributed by atoms with E-state index in [1.54, 1.807) is 54.6 Å². The molecule has 3 aromatic rings. The Balaban J connectivity index is 1.38. The summed E-state index contributed by atoms with van der Waals surface area (Å²) in [6.07, 6.45) is 1.16. The molecule has 0 saturated heterocycles. The van der Waals surface area contributed by atoms with Gasteiger partial charge in [-0.05, 0) is 48.5 Å². The summed E-state index contributed by atoms with van der Waals surface area (Å²) in [7, 11) is -3.85. The first-order chi connectivity index (χ1) is 14.4. The maximum Gasteiger partial charge on any atom is 0.291 e. The van der Waals surface area contributed by atoms with Crippen molar-refractivity contribution in [1.29, 1.82) is 0 Å². The lowest BCUT2D eigenvalue weighted by atomic mass is 10.2. The van der Waals surface area contributed by atoms with E-state index in [1.165, 1.54) is 12.3 Å². The molecule has 2 aromatic carbocycles. The number of hydrogen-bond donors (Lipinski definition) is 3. The zero-order valence-electron chi connectivity index (χ0n) is 15.5. The monoisotopic (exact) mass is 424 g/mol. The predicted octanol–water partition coefficient (Wildman–Crippen LogP) is 3.07. The van der Waals surface area contributed by atoms with Crippen molar-refractivity contribution in [2.45, 2.75) is 11.3 Å². The van der Waals surface area contributed by atoms with Gasteiger partial charge in [0.2, 0.25) is 5.91 Å². The third-order valence-corrected chi connectivity index (χ3v) is 5.55. The molecule has 0 radical (unpaired) electrons.